The molecule has 0 N–H and O–H groups in total. The van der Waals surface area contributed by atoms with Gasteiger partial charge in [0.2, 0.25) is 5.91 Å². The van der Waals surface area contributed by atoms with Gasteiger partial charge in [0.05, 0.1) is 6.10 Å². The molecule has 14 heavy (non-hydrogen) atoms. The Labute approximate surface area is 86.4 Å². The molecule has 3 heteroatoms. The molecule has 0 aliphatic carbocycles. The van der Waals surface area contributed by atoms with Crippen molar-refractivity contribution in [3.05, 3.63) is 0 Å². The second kappa shape index (κ2) is 6.02. The van der Waals surface area contributed by atoms with Crippen molar-refractivity contribution < 1.29 is 9.53 Å². The van der Waals surface area contributed by atoms with Crippen LogP contribution < -0.4 is 0 Å². The molecule has 0 radical (unpaired) electrons. The highest BCUT2D eigenvalue weighted by atomic mass is 16.5. The molecule has 0 aromatic rings. The Kier molecular flexibility index (Phi) is 4.94. The summed E-state index contributed by atoms with van der Waals surface area (Å²) in [6.07, 6.45) is 5.60. The van der Waals surface area contributed by atoms with Gasteiger partial charge >= 0.3 is 0 Å². The highest BCUT2D eigenvalue weighted by molar-refractivity contribution is 5.75. The zero-order chi connectivity index (χ0) is 10.4. The van der Waals surface area contributed by atoms with Gasteiger partial charge in [-0.3, -0.25) is 4.79 Å². The maximum atomic E-state index is 11.3. The van der Waals surface area contributed by atoms with E-state index in [4.69, 9.17) is 4.74 Å². The summed E-state index contributed by atoms with van der Waals surface area (Å²) >= 11 is 0. The fraction of sp³-hybridized carbons (Fsp3) is 0.909. The van der Waals surface area contributed by atoms with Crippen molar-refractivity contribution in [2.45, 2.75) is 45.1 Å². The van der Waals surface area contributed by atoms with Gasteiger partial charge in [0.1, 0.15) is 0 Å². The molecule has 1 atom stereocenters. The van der Waals surface area contributed by atoms with E-state index in [0.29, 0.717) is 12.5 Å². The molecule has 1 saturated heterocycles. The smallest absolute Gasteiger partial charge is 0.222 e. The number of rotatable bonds is 4. The first-order valence-electron chi connectivity index (χ1n) is 5.59. The Morgan fingerprint density at radius 1 is 1.50 bits per heavy atom. The van der Waals surface area contributed by atoms with Crippen molar-refractivity contribution in [3.8, 4) is 0 Å². The van der Waals surface area contributed by atoms with Crippen LogP contribution in [0, 0.1) is 0 Å². The number of carbonyl (C=O) groups is 1. The maximum absolute atomic E-state index is 11.3. The molecule has 1 rings (SSSR count). The van der Waals surface area contributed by atoms with E-state index < -0.39 is 0 Å². The fourth-order valence-electron chi connectivity index (χ4n) is 1.77. The monoisotopic (exact) mass is 199 g/mol. The van der Waals surface area contributed by atoms with Crippen LogP contribution in [0.3, 0.4) is 0 Å². The van der Waals surface area contributed by atoms with Crippen LogP contribution in [0.15, 0.2) is 0 Å². The molecular weight excluding hydrogens is 178 g/mol. The first-order chi connectivity index (χ1) is 6.74. The number of carbonyl (C=O) groups excluding carboxylic acids is 1. The molecule has 1 amide bonds. The number of ether oxygens (including phenoxy) is 1. The van der Waals surface area contributed by atoms with E-state index in [-0.39, 0.29) is 5.91 Å². The van der Waals surface area contributed by atoms with E-state index in [2.05, 4.69) is 0 Å². The molecule has 1 unspecified atom stereocenters. The lowest BCUT2D eigenvalue weighted by Crippen LogP contribution is -2.30. The third-order valence-electron chi connectivity index (χ3n) is 2.79. The summed E-state index contributed by atoms with van der Waals surface area (Å²) < 4.78 is 5.60. The van der Waals surface area contributed by atoms with E-state index in [1.807, 2.05) is 14.0 Å². The Balaban J connectivity index is 2.15. The number of amides is 1. The van der Waals surface area contributed by atoms with Crippen molar-refractivity contribution in [1.29, 1.82) is 0 Å². The molecule has 1 heterocycles. The quantitative estimate of drug-likeness (QED) is 0.691. The molecular formula is C11H21NO2. The summed E-state index contributed by atoms with van der Waals surface area (Å²) in [5.74, 6) is 0.223. The van der Waals surface area contributed by atoms with Gasteiger partial charge in [-0.2, -0.15) is 0 Å². The highest BCUT2D eigenvalue weighted by Crippen LogP contribution is 2.15. The third kappa shape index (κ3) is 3.66. The second-order valence-corrected chi connectivity index (χ2v) is 3.95. The third-order valence-corrected chi connectivity index (χ3v) is 2.79. The normalized spacial score (nSPS) is 22.0. The molecule has 1 aliphatic heterocycles. The van der Waals surface area contributed by atoms with Crippen molar-refractivity contribution in [2.24, 2.45) is 0 Å². The zero-order valence-corrected chi connectivity index (χ0v) is 9.29. The van der Waals surface area contributed by atoms with Crippen LogP contribution in [0.2, 0.25) is 0 Å². The average Bonchev–Trinajstić information content (AvgIpc) is 2.26. The van der Waals surface area contributed by atoms with E-state index in [1.54, 1.807) is 4.90 Å². The lowest BCUT2D eigenvalue weighted by atomic mass is 10.1. The molecule has 0 aromatic carbocycles. The number of hydrogen-bond acceptors (Lipinski definition) is 2. The Hall–Kier alpha value is -0.570. The minimum atomic E-state index is 0.223. The topological polar surface area (TPSA) is 29.5 Å². The van der Waals surface area contributed by atoms with Gasteiger partial charge in [-0.05, 0) is 25.7 Å². The predicted octanol–water partition coefficient (Wildman–Crippen LogP) is 1.81. The first-order valence-corrected chi connectivity index (χ1v) is 5.59. The summed E-state index contributed by atoms with van der Waals surface area (Å²) in [4.78, 5) is 13.1. The van der Waals surface area contributed by atoms with Gasteiger partial charge in [0.15, 0.2) is 0 Å². The molecule has 0 saturated carbocycles. The van der Waals surface area contributed by atoms with Gasteiger partial charge in [-0.15, -0.1) is 0 Å². The first kappa shape index (κ1) is 11.5. The number of nitrogens with zero attached hydrogens (tertiary/aromatic N) is 1. The van der Waals surface area contributed by atoms with Crippen LogP contribution in [0.25, 0.3) is 0 Å². The van der Waals surface area contributed by atoms with Crippen molar-refractivity contribution in [1.82, 2.24) is 4.90 Å². The van der Waals surface area contributed by atoms with Crippen LogP contribution in [0.1, 0.15) is 39.0 Å². The lowest BCUT2D eigenvalue weighted by molar-refractivity contribution is -0.130. The minimum Gasteiger partial charge on any atom is -0.378 e. The summed E-state index contributed by atoms with van der Waals surface area (Å²) in [5, 5.41) is 0. The number of hydrogen-bond donors (Lipinski definition) is 0. The average molecular weight is 199 g/mol. The van der Waals surface area contributed by atoms with E-state index in [1.165, 1.54) is 12.8 Å². The van der Waals surface area contributed by atoms with E-state index in [0.717, 1.165) is 26.0 Å². The van der Waals surface area contributed by atoms with Gasteiger partial charge < -0.3 is 9.64 Å². The van der Waals surface area contributed by atoms with Crippen molar-refractivity contribution >= 4 is 5.91 Å². The fourth-order valence-corrected chi connectivity index (χ4v) is 1.77. The summed E-state index contributed by atoms with van der Waals surface area (Å²) in [6, 6.07) is 0. The zero-order valence-electron chi connectivity index (χ0n) is 9.29. The van der Waals surface area contributed by atoms with Gasteiger partial charge in [-0.25, -0.2) is 0 Å². The molecule has 0 aromatic heterocycles. The summed E-state index contributed by atoms with van der Waals surface area (Å²) in [5.41, 5.74) is 0. The van der Waals surface area contributed by atoms with E-state index >= 15 is 0 Å². The molecule has 3 nitrogen and oxygen atoms in total. The minimum absolute atomic E-state index is 0.223. The van der Waals surface area contributed by atoms with Crippen LogP contribution in [-0.4, -0.2) is 37.1 Å². The predicted molar refractivity (Wildman–Crippen MR) is 56.1 cm³/mol. The van der Waals surface area contributed by atoms with E-state index in [9.17, 15) is 4.79 Å². The highest BCUT2D eigenvalue weighted by Gasteiger charge is 2.15. The standard InChI is InChI=1S/C11H21NO2/c1-3-11(13)12(2)8-7-10-6-4-5-9-14-10/h10H,3-9H2,1-2H3. The maximum Gasteiger partial charge on any atom is 0.222 e. The molecule has 1 aliphatic rings. The Morgan fingerprint density at radius 3 is 2.86 bits per heavy atom. The lowest BCUT2D eigenvalue weighted by Gasteiger charge is -2.25. The SMILES string of the molecule is CCC(=O)N(C)CCC1CCCCO1. The van der Waals surface area contributed by atoms with Crippen LogP contribution >= 0.6 is 0 Å². The Morgan fingerprint density at radius 2 is 2.29 bits per heavy atom. The van der Waals surface area contributed by atoms with Gasteiger partial charge in [-0.1, -0.05) is 6.92 Å². The molecule has 0 bridgehead atoms. The molecule has 82 valence electrons. The Bertz CT molecular complexity index is 176. The van der Waals surface area contributed by atoms with Gasteiger partial charge in [0, 0.05) is 26.6 Å². The van der Waals surface area contributed by atoms with Crippen LogP contribution in [0.5, 0.6) is 0 Å². The van der Waals surface area contributed by atoms with Gasteiger partial charge in [0.25, 0.3) is 0 Å². The van der Waals surface area contributed by atoms with Crippen molar-refractivity contribution in [2.75, 3.05) is 20.2 Å². The molecule has 0 spiro atoms. The summed E-state index contributed by atoms with van der Waals surface area (Å²) in [7, 11) is 1.87. The van der Waals surface area contributed by atoms with Crippen LogP contribution in [0.4, 0.5) is 0 Å². The second-order valence-electron chi connectivity index (χ2n) is 3.95. The van der Waals surface area contributed by atoms with Crippen molar-refractivity contribution in [3.63, 3.8) is 0 Å². The summed E-state index contributed by atoms with van der Waals surface area (Å²) in [6.45, 7) is 3.63. The largest absolute Gasteiger partial charge is 0.378 e. The molecule has 1 fully saturated rings. The van der Waals surface area contributed by atoms with Crippen LogP contribution in [-0.2, 0) is 9.53 Å².